The predicted octanol–water partition coefficient (Wildman–Crippen LogP) is 2.91. The first-order valence-corrected chi connectivity index (χ1v) is 7.26. The first kappa shape index (κ1) is 13.6. The summed E-state index contributed by atoms with van der Waals surface area (Å²) in [5.41, 5.74) is 0. The number of anilines is 1. The molecule has 0 aliphatic heterocycles. The Balaban J connectivity index is 1.90. The lowest BCUT2D eigenvalue weighted by Crippen LogP contribution is -2.30. The van der Waals surface area contributed by atoms with E-state index in [0.717, 1.165) is 12.8 Å². The maximum absolute atomic E-state index is 11.7. The van der Waals surface area contributed by atoms with E-state index in [0.29, 0.717) is 18.9 Å². The van der Waals surface area contributed by atoms with Crippen LogP contribution in [0.4, 0.5) is 10.6 Å². The van der Waals surface area contributed by atoms with E-state index in [1.54, 1.807) is 28.3 Å². The van der Waals surface area contributed by atoms with Gasteiger partial charge in [0, 0.05) is 17.5 Å². The standard InChI is InChI=1S/C13H18N4OS/c1-2-3-7-14-13(18)16-12-6-8-15-17(12)10-11-5-4-9-19-11/h4-6,8-9H,2-3,7,10H2,1H3,(H2,14,16,18). The van der Waals surface area contributed by atoms with Crippen LogP contribution in [0.5, 0.6) is 0 Å². The van der Waals surface area contributed by atoms with Gasteiger partial charge in [0.05, 0.1) is 12.7 Å². The second kappa shape index (κ2) is 6.94. The first-order valence-electron chi connectivity index (χ1n) is 6.38. The van der Waals surface area contributed by atoms with Gasteiger partial charge in [-0.25, -0.2) is 9.48 Å². The molecule has 0 saturated carbocycles. The van der Waals surface area contributed by atoms with E-state index >= 15 is 0 Å². The largest absolute Gasteiger partial charge is 0.338 e. The fourth-order valence-electron chi connectivity index (χ4n) is 1.65. The Morgan fingerprint density at radius 1 is 1.47 bits per heavy atom. The molecule has 2 aromatic rings. The molecule has 102 valence electrons. The van der Waals surface area contributed by atoms with Crippen LogP contribution in [0.25, 0.3) is 0 Å². The minimum Gasteiger partial charge on any atom is -0.338 e. The highest BCUT2D eigenvalue weighted by atomic mass is 32.1. The molecule has 0 saturated heterocycles. The van der Waals surface area contributed by atoms with Gasteiger partial charge in [-0.15, -0.1) is 11.3 Å². The number of nitrogens with one attached hydrogen (secondary N) is 2. The Morgan fingerprint density at radius 2 is 2.37 bits per heavy atom. The Kier molecular flexibility index (Phi) is 4.97. The van der Waals surface area contributed by atoms with Crippen molar-refractivity contribution < 1.29 is 4.79 Å². The molecule has 0 aliphatic rings. The number of hydrogen-bond acceptors (Lipinski definition) is 3. The summed E-state index contributed by atoms with van der Waals surface area (Å²) in [7, 11) is 0. The quantitative estimate of drug-likeness (QED) is 0.798. The molecular formula is C13H18N4OS. The predicted molar refractivity (Wildman–Crippen MR) is 77.6 cm³/mol. The fourth-order valence-corrected chi connectivity index (χ4v) is 2.34. The molecule has 2 aromatic heterocycles. The number of nitrogens with zero attached hydrogens (tertiary/aromatic N) is 2. The smallest absolute Gasteiger partial charge is 0.320 e. The highest BCUT2D eigenvalue weighted by molar-refractivity contribution is 7.09. The zero-order valence-electron chi connectivity index (χ0n) is 10.9. The van der Waals surface area contributed by atoms with Crippen molar-refractivity contribution in [3.8, 4) is 0 Å². The van der Waals surface area contributed by atoms with Gasteiger partial charge in [-0.3, -0.25) is 5.32 Å². The third kappa shape index (κ3) is 4.10. The molecular weight excluding hydrogens is 260 g/mol. The number of carbonyl (C=O) groups excluding carboxylic acids is 1. The van der Waals surface area contributed by atoms with Crippen LogP contribution >= 0.6 is 11.3 Å². The van der Waals surface area contributed by atoms with E-state index < -0.39 is 0 Å². The molecule has 0 radical (unpaired) electrons. The van der Waals surface area contributed by atoms with E-state index in [-0.39, 0.29) is 6.03 Å². The molecule has 2 rings (SSSR count). The Hall–Kier alpha value is -1.82. The van der Waals surface area contributed by atoms with E-state index in [4.69, 9.17) is 0 Å². The van der Waals surface area contributed by atoms with Gasteiger partial charge in [0.15, 0.2) is 0 Å². The van der Waals surface area contributed by atoms with Crippen LogP contribution in [0, 0.1) is 0 Å². The summed E-state index contributed by atoms with van der Waals surface area (Å²) in [6.07, 6.45) is 3.74. The molecule has 5 nitrogen and oxygen atoms in total. The maximum atomic E-state index is 11.7. The van der Waals surface area contributed by atoms with Crippen molar-refractivity contribution in [3.63, 3.8) is 0 Å². The van der Waals surface area contributed by atoms with Crippen molar-refractivity contribution in [1.29, 1.82) is 0 Å². The average molecular weight is 278 g/mol. The number of unbranched alkanes of at least 4 members (excludes halogenated alkanes) is 1. The minimum absolute atomic E-state index is 0.179. The van der Waals surface area contributed by atoms with Gasteiger partial charge in [0.25, 0.3) is 0 Å². The number of carbonyl (C=O) groups is 1. The summed E-state index contributed by atoms with van der Waals surface area (Å²) < 4.78 is 1.78. The number of amides is 2. The lowest BCUT2D eigenvalue weighted by Gasteiger charge is -2.09. The van der Waals surface area contributed by atoms with Gasteiger partial charge < -0.3 is 5.32 Å². The molecule has 0 atom stereocenters. The number of aromatic nitrogens is 2. The molecule has 0 spiro atoms. The molecule has 6 heteroatoms. The second-order valence-corrected chi connectivity index (χ2v) is 5.22. The maximum Gasteiger partial charge on any atom is 0.320 e. The summed E-state index contributed by atoms with van der Waals surface area (Å²) in [5, 5.41) is 11.9. The summed E-state index contributed by atoms with van der Waals surface area (Å²) in [4.78, 5) is 12.9. The molecule has 0 aliphatic carbocycles. The summed E-state index contributed by atoms with van der Waals surface area (Å²) in [5.74, 6) is 0.711. The lowest BCUT2D eigenvalue weighted by molar-refractivity contribution is 0.251. The zero-order valence-corrected chi connectivity index (χ0v) is 11.7. The normalized spacial score (nSPS) is 10.4. The van der Waals surface area contributed by atoms with Crippen molar-refractivity contribution in [1.82, 2.24) is 15.1 Å². The van der Waals surface area contributed by atoms with Crippen LogP contribution in [-0.2, 0) is 6.54 Å². The Bertz CT molecular complexity index is 506. The second-order valence-electron chi connectivity index (χ2n) is 4.19. The van der Waals surface area contributed by atoms with E-state index in [1.807, 2.05) is 11.4 Å². The minimum atomic E-state index is -0.179. The first-order chi connectivity index (χ1) is 9.29. The number of urea groups is 1. The van der Waals surface area contributed by atoms with Crippen LogP contribution in [0.1, 0.15) is 24.6 Å². The van der Waals surface area contributed by atoms with Crippen LogP contribution in [0.3, 0.4) is 0 Å². The number of thiophene rings is 1. The van der Waals surface area contributed by atoms with Gasteiger partial charge in [-0.2, -0.15) is 5.10 Å². The number of hydrogen-bond donors (Lipinski definition) is 2. The molecule has 0 fully saturated rings. The number of rotatable bonds is 6. The summed E-state index contributed by atoms with van der Waals surface area (Å²) in [6, 6.07) is 5.68. The zero-order chi connectivity index (χ0) is 13.5. The van der Waals surface area contributed by atoms with Crippen molar-refractivity contribution in [2.45, 2.75) is 26.3 Å². The van der Waals surface area contributed by atoms with Crippen molar-refractivity contribution >= 4 is 23.2 Å². The average Bonchev–Trinajstić information content (AvgIpc) is 3.03. The van der Waals surface area contributed by atoms with E-state index in [2.05, 4.69) is 28.7 Å². The van der Waals surface area contributed by atoms with Gasteiger partial charge >= 0.3 is 6.03 Å². The highest BCUT2D eigenvalue weighted by Gasteiger charge is 2.07. The summed E-state index contributed by atoms with van der Waals surface area (Å²) >= 11 is 1.68. The molecule has 0 aromatic carbocycles. The van der Waals surface area contributed by atoms with Gasteiger partial charge in [0.2, 0.25) is 0 Å². The molecule has 0 unspecified atom stereocenters. The molecule has 2 amide bonds. The van der Waals surface area contributed by atoms with Crippen LogP contribution in [0.2, 0.25) is 0 Å². The van der Waals surface area contributed by atoms with Crippen molar-refractivity contribution in [2.24, 2.45) is 0 Å². The van der Waals surface area contributed by atoms with Crippen molar-refractivity contribution in [3.05, 3.63) is 34.7 Å². The monoisotopic (exact) mass is 278 g/mol. The van der Waals surface area contributed by atoms with Gasteiger partial charge in [0.1, 0.15) is 5.82 Å². The van der Waals surface area contributed by atoms with Crippen molar-refractivity contribution in [2.75, 3.05) is 11.9 Å². The van der Waals surface area contributed by atoms with E-state index in [1.165, 1.54) is 4.88 Å². The highest BCUT2D eigenvalue weighted by Crippen LogP contribution is 2.14. The fraction of sp³-hybridized carbons (Fsp3) is 0.385. The van der Waals surface area contributed by atoms with Gasteiger partial charge in [-0.1, -0.05) is 19.4 Å². The van der Waals surface area contributed by atoms with Crippen LogP contribution in [0.15, 0.2) is 29.8 Å². The Morgan fingerprint density at radius 3 is 3.11 bits per heavy atom. The van der Waals surface area contributed by atoms with E-state index in [9.17, 15) is 4.79 Å². The topological polar surface area (TPSA) is 59.0 Å². The third-order valence-electron chi connectivity index (χ3n) is 2.66. The third-order valence-corrected chi connectivity index (χ3v) is 3.52. The molecule has 2 N–H and O–H groups in total. The lowest BCUT2D eigenvalue weighted by atomic mass is 10.3. The molecule has 19 heavy (non-hydrogen) atoms. The SMILES string of the molecule is CCCCNC(=O)Nc1ccnn1Cc1cccs1. The summed E-state index contributed by atoms with van der Waals surface area (Å²) in [6.45, 7) is 3.46. The molecule has 2 heterocycles. The van der Waals surface area contributed by atoms with Crippen LogP contribution in [-0.4, -0.2) is 22.4 Å². The Labute approximate surface area is 116 Å². The van der Waals surface area contributed by atoms with Gasteiger partial charge in [-0.05, 0) is 17.9 Å². The molecule has 0 bridgehead atoms. The van der Waals surface area contributed by atoms with Crippen LogP contribution < -0.4 is 10.6 Å².